The lowest BCUT2D eigenvalue weighted by Gasteiger charge is -2.35. The Kier molecular flexibility index (Phi) is 4.05. The molecule has 0 spiro atoms. The maximum Gasteiger partial charge on any atom is 0.205 e. The van der Waals surface area contributed by atoms with Crippen molar-refractivity contribution in [3.63, 3.8) is 0 Å². The molecule has 0 amide bonds. The molecule has 1 aliphatic heterocycles. The molecule has 3 nitrogen and oxygen atoms in total. The number of furan rings is 1. The number of nitrogens with one attached hydrogen (secondary N) is 1. The molecule has 1 fully saturated rings. The van der Waals surface area contributed by atoms with Crippen molar-refractivity contribution >= 4 is 28.4 Å². The van der Waals surface area contributed by atoms with Crippen molar-refractivity contribution in [2.24, 2.45) is 5.41 Å². The van der Waals surface area contributed by atoms with Crippen molar-refractivity contribution in [3.05, 3.63) is 35.0 Å². The summed E-state index contributed by atoms with van der Waals surface area (Å²) in [7, 11) is 0. The Hall–Kier alpha value is -1.32. The number of ketones is 1. The van der Waals surface area contributed by atoms with E-state index >= 15 is 0 Å². The highest BCUT2D eigenvalue weighted by Crippen LogP contribution is 2.37. The quantitative estimate of drug-likeness (QED) is 0.849. The van der Waals surface area contributed by atoms with Crippen LogP contribution in [0.15, 0.2) is 28.7 Å². The Morgan fingerprint density at radius 2 is 2.29 bits per heavy atom. The van der Waals surface area contributed by atoms with Gasteiger partial charge in [0.2, 0.25) is 5.78 Å². The molecule has 1 aromatic heterocycles. The highest BCUT2D eigenvalue weighted by molar-refractivity contribution is 6.31. The van der Waals surface area contributed by atoms with Gasteiger partial charge in [0.1, 0.15) is 5.58 Å². The molecule has 0 aliphatic carbocycles. The van der Waals surface area contributed by atoms with E-state index in [1.54, 1.807) is 6.07 Å². The van der Waals surface area contributed by atoms with Gasteiger partial charge in [0, 0.05) is 22.4 Å². The Morgan fingerprint density at radius 3 is 3.00 bits per heavy atom. The van der Waals surface area contributed by atoms with E-state index in [0.29, 0.717) is 10.8 Å². The van der Waals surface area contributed by atoms with E-state index in [-0.39, 0.29) is 11.2 Å². The van der Waals surface area contributed by atoms with E-state index in [4.69, 9.17) is 16.0 Å². The van der Waals surface area contributed by atoms with E-state index in [1.165, 1.54) is 0 Å². The minimum Gasteiger partial charge on any atom is -0.453 e. The first-order valence-electron chi connectivity index (χ1n) is 7.59. The fraction of sp³-hybridized carbons (Fsp3) is 0.471. The monoisotopic (exact) mass is 305 g/mol. The first kappa shape index (κ1) is 14.6. The first-order valence-corrected chi connectivity index (χ1v) is 7.97. The third-order valence-corrected chi connectivity index (χ3v) is 4.62. The fourth-order valence-electron chi connectivity index (χ4n) is 3.35. The molecule has 2 aromatic rings. The Balaban J connectivity index is 1.97. The molecule has 1 atom stereocenters. The van der Waals surface area contributed by atoms with E-state index in [1.807, 2.05) is 18.2 Å². The minimum atomic E-state index is -0.315. The van der Waals surface area contributed by atoms with Crippen LogP contribution in [0.5, 0.6) is 0 Å². The Bertz CT molecular complexity index is 650. The van der Waals surface area contributed by atoms with Crippen molar-refractivity contribution in [2.45, 2.75) is 32.6 Å². The third-order valence-electron chi connectivity index (χ3n) is 4.38. The summed E-state index contributed by atoms with van der Waals surface area (Å²) in [6.07, 6.45) is 3.87. The molecular weight excluding hydrogens is 286 g/mol. The molecular formula is C17H20ClNO2. The smallest absolute Gasteiger partial charge is 0.205 e. The third kappa shape index (κ3) is 2.72. The van der Waals surface area contributed by atoms with Crippen molar-refractivity contribution in [2.75, 3.05) is 13.1 Å². The van der Waals surface area contributed by atoms with Gasteiger partial charge in [-0.15, -0.1) is 0 Å². The van der Waals surface area contributed by atoms with Crippen LogP contribution in [-0.4, -0.2) is 18.9 Å². The second-order valence-corrected chi connectivity index (χ2v) is 6.37. The van der Waals surface area contributed by atoms with E-state index in [0.717, 1.165) is 49.7 Å². The number of hydrogen-bond donors (Lipinski definition) is 1. The van der Waals surface area contributed by atoms with Gasteiger partial charge in [-0.1, -0.05) is 24.9 Å². The molecule has 1 aliphatic rings. The molecule has 112 valence electrons. The van der Waals surface area contributed by atoms with E-state index in [2.05, 4.69) is 12.2 Å². The van der Waals surface area contributed by atoms with Crippen LogP contribution in [-0.2, 0) is 0 Å². The summed E-state index contributed by atoms with van der Waals surface area (Å²) in [6, 6.07) is 7.27. The molecule has 0 radical (unpaired) electrons. The van der Waals surface area contributed by atoms with E-state index < -0.39 is 0 Å². The van der Waals surface area contributed by atoms with Gasteiger partial charge in [0.25, 0.3) is 0 Å². The largest absolute Gasteiger partial charge is 0.453 e. The Morgan fingerprint density at radius 1 is 1.43 bits per heavy atom. The normalized spacial score (nSPS) is 22.6. The molecule has 0 bridgehead atoms. The van der Waals surface area contributed by atoms with Crippen molar-refractivity contribution in [1.82, 2.24) is 5.32 Å². The number of Topliss-reactive ketones (excluding diaryl/α,β-unsaturated/α-hetero) is 1. The average molecular weight is 306 g/mol. The number of hydrogen-bond acceptors (Lipinski definition) is 3. The molecule has 1 saturated heterocycles. The Labute approximate surface area is 129 Å². The molecule has 2 heterocycles. The number of carbonyl (C=O) groups is 1. The lowest BCUT2D eigenvalue weighted by Crippen LogP contribution is -2.45. The number of piperidine rings is 1. The lowest BCUT2D eigenvalue weighted by atomic mass is 9.73. The highest BCUT2D eigenvalue weighted by atomic mass is 35.5. The van der Waals surface area contributed by atoms with Gasteiger partial charge >= 0.3 is 0 Å². The van der Waals surface area contributed by atoms with Crippen LogP contribution >= 0.6 is 11.6 Å². The fourth-order valence-corrected chi connectivity index (χ4v) is 3.54. The summed E-state index contributed by atoms with van der Waals surface area (Å²) in [6.45, 7) is 3.87. The zero-order valence-electron chi connectivity index (χ0n) is 12.2. The van der Waals surface area contributed by atoms with Gasteiger partial charge in [-0.05, 0) is 50.1 Å². The summed E-state index contributed by atoms with van der Waals surface area (Å²) in [5.74, 6) is 0.591. The molecule has 1 aromatic carbocycles. The molecule has 21 heavy (non-hydrogen) atoms. The van der Waals surface area contributed by atoms with Crippen LogP contribution in [0.3, 0.4) is 0 Å². The first-order chi connectivity index (χ1) is 10.1. The number of benzene rings is 1. The highest BCUT2D eigenvalue weighted by Gasteiger charge is 2.40. The number of fused-ring (bicyclic) bond motifs is 1. The van der Waals surface area contributed by atoms with Crippen LogP contribution in [0.25, 0.3) is 11.0 Å². The van der Waals surface area contributed by atoms with E-state index in [9.17, 15) is 4.79 Å². The predicted molar refractivity (Wildman–Crippen MR) is 85.0 cm³/mol. The second kappa shape index (κ2) is 5.82. The number of rotatable bonds is 4. The molecule has 1 N–H and O–H groups in total. The van der Waals surface area contributed by atoms with Gasteiger partial charge in [-0.3, -0.25) is 4.79 Å². The maximum absolute atomic E-state index is 13.0. The number of halogens is 1. The molecule has 4 heteroatoms. The van der Waals surface area contributed by atoms with Crippen LogP contribution in [0.4, 0.5) is 0 Å². The van der Waals surface area contributed by atoms with Crippen LogP contribution in [0, 0.1) is 5.41 Å². The lowest BCUT2D eigenvalue weighted by molar-refractivity contribution is 0.0689. The SMILES string of the molecule is CCCC1(C(=O)c2cc3cc(Cl)ccc3o2)CCCNC1. The minimum absolute atomic E-state index is 0.129. The zero-order valence-corrected chi connectivity index (χ0v) is 13.0. The van der Waals surface area contributed by atoms with Crippen molar-refractivity contribution in [1.29, 1.82) is 0 Å². The average Bonchev–Trinajstić information content (AvgIpc) is 2.90. The summed E-state index contributed by atoms with van der Waals surface area (Å²) in [5.41, 5.74) is 0.406. The molecule has 1 unspecified atom stereocenters. The second-order valence-electron chi connectivity index (χ2n) is 5.93. The summed E-state index contributed by atoms with van der Waals surface area (Å²) in [5, 5.41) is 4.92. The molecule has 3 rings (SSSR count). The van der Waals surface area contributed by atoms with Crippen molar-refractivity contribution in [3.8, 4) is 0 Å². The standard InChI is InChI=1S/C17H20ClNO2/c1-2-6-17(7-3-8-19-11-17)16(20)15-10-12-9-13(18)4-5-14(12)21-15/h4-5,9-10,19H,2-3,6-8,11H2,1H3. The summed E-state index contributed by atoms with van der Waals surface area (Å²) in [4.78, 5) is 13.0. The van der Waals surface area contributed by atoms with Gasteiger partial charge in [0.15, 0.2) is 5.76 Å². The van der Waals surface area contributed by atoms with Crippen LogP contribution in [0.1, 0.15) is 43.2 Å². The van der Waals surface area contributed by atoms with Gasteiger partial charge in [0.05, 0.1) is 0 Å². The summed E-state index contributed by atoms with van der Waals surface area (Å²) >= 11 is 6.00. The van der Waals surface area contributed by atoms with Crippen molar-refractivity contribution < 1.29 is 9.21 Å². The van der Waals surface area contributed by atoms with Gasteiger partial charge < -0.3 is 9.73 Å². The molecule has 0 saturated carbocycles. The van der Waals surface area contributed by atoms with Gasteiger partial charge in [-0.25, -0.2) is 0 Å². The van der Waals surface area contributed by atoms with Crippen LogP contribution < -0.4 is 5.32 Å². The van der Waals surface area contributed by atoms with Crippen LogP contribution in [0.2, 0.25) is 5.02 Å². The summed E-state index contributed by atoms with van der Waals surface area (Å²) < 4.78 is 5.77. The zero-order chi connectivity index (χ0) is 14.9. The number of carbonyl (C=O) groups excluding carboxylic acids is 1. The maximum atomic E-state index is 13.0. The van der Waals surface area contributed by atoms with Gasteiger partial charge in [-0.2, -0.15) is 0 Å². The predicted octanol–water partition coefficient (Wildman–Crippen LogP) is 4.44. The topological polar surface area (TPSA) is 42.2 Å².